The molecule has 2 aromatic heterocycles. The molecule has 6 nitrogen and oxygen atoms in total. The average Bonchev–Trinajstić information content (AvgIpc) is 2.92. The summed E-state index contributed by atoms with van der Waals surface area (Å²) in [6.45, 7) is 6.01. The van der Waals surface area contributed by atoms with Gasteiger partial charge in [-0.25, -0.2) is 9.67 Å². The van der Waals surface area contributed by atoms with E-state index in [9.17, 15) is 4.79 Å². The Balaban J connectivity index is 1.94. The number of carbonyl (C=O) groups excluding carboxylic acids is 1. The van der Waals surface area contributed by atoms with Crippen LogP contribution in [0.3, 0.4) is 0 Å². The molecule has 3 N–H and O–H groups in total. The second-order valence-corrected chi connectivity index (χ2v) is 6.76. The molecule has 0 aromatic carbocycles. The average molecular weight is 315 g/mol. The molecule has 1 saturated carbocycles. The zero-order valence-electron chi connectivity index (χ0n) is 14.0. The van der Waals surface area contributed by atoms with Gasteiger partial charge in [0.05, 0.1) is 17.1 Å². The van der Waals surface area contributed by atoms with Crippen molar-refractivity contribution in [3.05, 3.63) is 23.5 Å². The number of aromatic nitrogens is 3. The Bertz CT molecular complexity index is 721. The molecule has 3 rings (SSSR count). The maximum atomic E-state index is 12.8. The van der Waals surface area contributed by atoms with Gasteiger partial charge in [0.25, 0.3) is 5.91 Å². The van der Waals surface area contributed by atoms with Crippen molar-refractivity contribution in [1.82, 2.24) is 20.1 Å². The molecule has 23 heavy (non-hydrogen) atoms. The molecule has 2 atom stereocenters. The molecule has 6 heteroatoms. The molecular formula is C17H25N5O. The third-order valence-corrected chi connectivity index (χ3v) is 4.56. The van der Waals surface area contributed by atoms with Gasteiger partial charge in [0, 0.05) is 23.8 Å². The number of pyridine rings is 1. The first-order valence-corrected chi connectivity index (χ1v) is 8.38. The van der Waals surface area contributed by atoms with Crippen molar-refractivity contribution >= 4 is 16.9 Å². The van der Waals surface area contributed by atoms with E-state index in [1.807, 2.05) is 17.7 Å². The number of fused-ring (bicyclic) bond motifs is 1. The van der Waals surface area contributed by atoms with Crippen molar-refractivity contribution in [2.45, 2.75) is 64.6 Å². The van der Waals surface area contributed by atoms with E-state index in [-0.39, 0.29) is 24.0 Å². The van der Waals surface area contributed by atoms with Gasteiger partial charge in [-0.2, -0.15) is 5.10 Å². The second kappa shape index (κ2) is 6.28. The van der Waals surface area contributed by atoms with Crippen LogP contribution in [0, 0.1) is 6.92 Å². The predicted molar refractivity (Wildman–Crippen MR) is 90.3 cm³/mol. The molecule has 0 unspecified atom stereocenters. The van der Waals surface area contributed by atoms with E-state index >= 15 is 0 Å². The molecule has 0 radical (unpaired) electrons. The Morgan fingerprint density at radius 3 is 2.83 bits per heavy atom. The number of carbonyl (C=O) groups is 1. The lowest BCUT2D eigenvalue weighted by atomic mass is 9.91. The van der Waals surface area contributed by atoms with Crippen molar-refractivity contribution in [2.24, 2.45) is 5.73 Å². The summed E-state index contributed by atoms with van der Waals surface area (Å²) in [5, 5.41) is 8.30. The normalized spacial score (nSPS) is 21.8. The number of hydrogen-bond acceptors (Lipinski definition) is 4. The monoisotopic (exact) mass is 315 g/mol. The third kappa shape index (κ3) is 3.08. The van der Waals surface area contributed by atoms with Gasteiger partial charge in [-0.1, -0.05) is 12.8 Å². The zero-order chi connectivity index (χ0) is 16.6. The van der Waals surface area contributed by atoms with Gasteiger partial charge in [0.1, 0.15) is 0 Å². The molecule has 1 fully saturated rings. The van der Waals surface area contributed by atoms with Crippen LogP contribution >= 0.6 is 0 Å². The first-order chi connectivity index (χ1) is 11.0. The van der Waals surface area contributed by atoms with Crippen molar-refractivity contribution in [3.8, 4) is 0 Å². The molecule has 2 aromatic rings. The van der Waals surface area contributed by atoms with Crippen molar-refractivity contribution < 1.29 is 4.79 Å². The third-order valence-electron chi connectivity index (χ3n) is 4.56. The second-order valence-electron chi connectivity index (χ2n) is 6.76. The molecule has 1 aliphatic rings. The lowest BCUT2D eigenvalue weighted by molar-refractivity contribution is 0.0923. The fourth-order valence-electron chi connectivity index (χ4n) is 3.29. The van der Waals surface area contributed by atoms with E-state index in [0.717, 1.165) is 42.4 Å². The summed E-state index contributed by atoms with van der Waals surface area (Å²) in [6, 6.07) is 2.13. The molecule has 124 valence electrons. The fraction of sp³-hybridized carbons (Fsp3) is 0.588. The summed E-state index contributed by atoms with van der Waals surface area (Å²) in [4.78, 5) is 17.3. The van der Waals surface area contributed by atoms with Gasteiger partial charge in [0.15, 0.2) is 5.65 Å². The van der Waals surface area contributed by atoms with E-state index < -0.39 is 0 Å². The minimum absolute atomic E-state index is 0.0458. The topological polar surface area (TPSA) is 85.8 Å². The maximum Gasteiger partial charge on any atom is 0.252 e. The van der Waals surface area contributed by atoms with Gasteiger partial charge >= 0.3 is 0 Å². The van der Waals surface area contributed by atoms with Crippen LogP contribution in [0.1, 0.15) is 61.6 Å². The van der Waals surface area contributed by atoms with Crippen LogP contribution < -0.4 is 11.1 Å². The van der Waals surface area contributed by atoms with Gasteiger partial charge < -0.3 is 11.1 Å². The summed E-state index contributed by atoms with van der Waals surface area (Å²) in [5.41, 5.74) is 8.36. The molecule has 0 bridgehead atoms. The summed E-state index contributed by atoms with van der Waals surface area (Å²) < 4.78 is 1.85. The lowest BCUT2D eigenvalue weighted by Crippen LogP contribution is -2.49. The molecular weight excluding hydrogens is 290 g/mol. The number of nitrogens with one attached hydrogen (secondary N) is 1. The molecule has 0 aliphatic heterocycles. The number of amides is 1. The van der Waals surface area contributed by atoms with Crippen LogP contribution in [-0.2, 0) is 0 Å². The Morgan fingerprint density at radius 1 is 1.39 bits per heavy atom. The van der Waals surface area contributed by atoms with Gasteiger partial charge in [0.2, 0.25) is 0 Å². The maximum absolute atomic E-state index is 12.8. The van der Waals surface area contributed by atoms with E-state index in [0.29, 0.717) is 5.56 Å². The first-order valence-electron chi connectivity index (χ1n) is 8.38. The summed E-state index contributed by atoms with van der Waals surface area (Å²) >= 11 is 0. The van der Waals surface area contributed by atoms with E-state index in [1.165, 1.54) is 0 Å². The summed E-state index contributed by atoms with van der Waals surface area (Å²) in [7, 11) is 0. The predicted octanol–water partition coefficient (Wildman–Crippen LogP) is 2.32. The highest BCUT2D eigenvalue weighted by Crippen LogP contribution is 2.22. The molecule has 0 spiro atoms. The Labute approximate surface area is 136 Å². The minimum atomic E-state index is -0.0776. The van der Waals surface area contributed by atoms with Crippen molar-refractivity contribution in [1.29, 1.82) is 0 Å². The minimum Gasteiger partial charge on any atom is -0.348 e. The molecule has 1 amide bonds. The van der Waals surface area contributed by atoms with Crippen molar-refractivity contribution in [3.63, 3.8) is 0 Å². The van der Waals surface area contributed by atoms with E-state index in [4.69, 9.17) is 5.73 Å². The number of nitrogens with zero attached hydrogens (tertiary/aromatic N) is 3. The number of nitrogens with two attached hydrogens (primary N) is 1. The Morgan fingerprint density at radius 2 is 2.13 bits per heavy atom. The molecule has 1 aliphatic carbocycles. The Hall–Kier alpha value is -1.95. The highest BCUT2D eigenvalue weighted by atomic mass is 16.1. The molecule has 0 saturated heterocycles. The smallest absolute Gasteiger partial charge is 0.252 e. The summed E-state index contributed by atoms with van der Waals surface area (Å²) in [6.07, 6.45) is 5.92. The first kappa shape index (κ1) is 15.9. The van der Waals surface area contributed by atoms with Gasteiger partial charge in [-0.3, -0.25) is 4.79 Å². The SMILES string of the molecule is Cc1cc(C(=O)N[C@@H]2CCCC[C@H]2N)c2cnn(C(C)C)c2n1. The van der Waals surface area contributed by atoms with E-state index in [2.05, 4.69) is 29.2 Å². The fourth-order valence-corrected chi connectivity index (χ4v) is 3.29. The number of hydrogen-bond donors (Lipinski definition) is 2. The molecule has 2 heterocycles. The van der Waals surface area contributed by atoms with Crippen LogP contribution in [0.25, 0.3) is 11.0 Å². The lowest BCUT2D eigenvalue weighted by Gasteiger charge is -2.29. The standard InChI is InChI=1S/C17H25N5O/c1-10(2)22-16-13(9-19-22)12(8-11(3)20-16)17(23)21-15-7-5-4-6-14(15)18/h8-10,14-15H,4-7,18H2,1-3H3,(H,21,23)/t14-,15-/m1/s1. The van der Waals surface area contributed by atoms with Crippen molar-refractivity contribution in [2.75, 3.05) is 0 Å². The van der Waals surface area contributed by atoms with Crippen LogP contribution in [0.15, 0.2) is 12.3 Å². The number of rotatable bonds is 3. The van der Waals surface area contributed by atoms with Crippen LogP contribution in [0.4, 0.5) is 0 Å². The van der Waals surface area contributed by atoms with Crippen LogP contribution in [0.5, 0.6) is 0 Å². The van der Waals surface area contributed by atoms with Gasteiger partial charge in [-0.15, -0.1) is 0 Å². The van der Waals surface area contributed by atoms with Gasteiger partial charge in [-0.05, 0) is 39.7 Å². The van der Waals surface area contributed by atoms with Crippen LogP contribution in [0.2, 0.25) is 0 Å². The quantitative estimate of drug-likeness (QED) is 0.910. The summed E-state index contributed by atoms with van der Waals surface area (Å²) in [5.74, 6) is -0.0776. The highest BCUT2D eigenvalue weighted by Gasteiger charge is 2.25. The van der Waals surface area contributed by atoms with Crippen LogP contribution in [-0.4, -0.2) is 32.8 Å². The Kier molecular flexibility index (Phi) is 4.35. The zero-order valence-corrected chi connectivity index (χ0v) is 14.0. The van der Waals surface area contributed by atoms with E-state index in [1.54, 1.807) is 6.20 Å². The number of aryl methyl sites for hydroxylation is 1. The highest BCUT2D eigenvalue weighted by molar-refractivity contribution is 6.05. The largest absolute Gasteiger partial charge is 0.348 e.